The summed E-state index contributed by atoms with van der Waals surface area (Å²) >= 11 is 0. The van der Waals surface area contributed by atoms with Crippen LogP contribution in [0.25, 0.3) is 22.1 Å². The maximum absolute atomic E-state index is 12.7. The van der Waals surface area contributed by atoms with Crippen molar-refractivity contribution < 1.29 is 14.0 Å². The van der Waals surface area contributed by atoms with Gasteiger partial charge in [0, 0.05) is 11.1 Å². The van der Waals surface area contributed by atoms with E-state index >= 15 is 0 Å². The molecule has 0 aliphatic heterocycles. The fourth-order valence-electron chi connectivity index (χ4n) is 3.20. The van der Waals surface area contributed by atoms with Crippen LogP contribution in [0, 0.1) is 13.8 Å². The fraction of sp³-hybridized carbons (Fsp3) is 0.182. The van der Waals surface area contributed by atoms with Gasteiger partial charge in [-0.25, -0.2) is 4.98 Å². The Morgan fingerprint density at radius 1 is 1.07 bits per heavy atom. The average molecular weight is 404 g/mol. The summed E-state index contributed by atoms with van der Waals surface area (Å²) in [4.78, 5) is 41.3. The maximum Gasteiger partial charge on any atom is 0.297 e. The zero-order valence-electron chi connectivity index (χ0n) is 16.6. The normalized spacial score (nSPS) is 11.0. The predicted octanol–water partition coefficient (Wildman–Crippen LogP) is 2.51. The summed E-state index contributed by atoms with van der Waals surface area (Å²) in [5.74, 6) is -0.833. The van der Waals surface area contributed by atoms with E-state index in [0.717, 1.165) is 21.1 Å². The first kappa shape index (κ1) is 19.4. The molecule has 8 heteroatoms. The monoisotopic (exact) mass is 404 g/mol. The molecule has 0 fully saturated rings. The second-order valence-corrected chi connectivity index (χ2v) is 7.03. The lowest BCUT2D eigenvalue weighted by Crippen LogP contribution is -2.37. The number of benzene rings is 2. The molecule has 0 unspecified atom stereocenters. The van der Waals surface area contributed by atoms with Crippen molar-refractivity contribution in [3.8, 4) is 0 Å². The number of aromatic nitrogens is 2. The molecule has 4 rings (SSSR count). The van der Waals surface area contributed by atoms with Crippen molar-refractivity contribution >= 4 is 39.6 Å². The number of hydrogen-bond donors (Lipinski definition) is 2. The molecule has 152 valence electrons. The summed E-state index contributed by atoms with van der Waals surface area (Å²) in [7, 11) is 0. The first-order chi connectivity index (χ1) is 14.4. The highest BCUT2D eigenvalue weighted by Gasteiger charge is 2.15. The van der Waals surface area contributed by atoms with Crippen molar-refractivity contribution in [3.63, 3.8) is 0 Å². The summed E-state index contributed by atoms with van der Waals surface area (Å²) in [6.45, 7) is 3.39. The minimum absolute atomic E-state index is 0.0964. The van der Waals surface area contributed by atoms with Gasteiger partial charge < -0.3 is 15.1 Å². The number of furan rings is 1. The Morgan fingerprint density at radius 3 is 2.70 bits per heavy atom. The van der Waals surface area contributed by atoms with Crippen molar-refractivity contribution in [2.24, 2.45) is 0 Å². The van der Waals surface area contributed by atoms with Crippen LogP contribution in [-0.2, 0) is 16.1 Å². The molecular weight excluding hydrogens is 384 g/mol. The SMILES string of the molecule is Cc1cccc(NC(=O)CNC(=O)Cn2cnc3c(oc4ccccc43)c2=O)c1C. The number of amides is 2. The summed E-state index contributed by atoms with van der Waals surface area (Å²) in [6, 6.07) is 12.8. The van der Waals surface area contributed by atoms with Gasteiger partial charge >= 0.3 is 0 Å². The Bertz CT molecular complexity index is 1340. The molecule has 0 radical (unpaired) electrons. The van der Waals surface area contributed by atoms with Gasteiger partial charge in [-0.15, -0.1) is 0 Å². The summed E-state index contributed by atoms with van der Waals surface area (Å²) < 4.78 is 6.75. The highest BCUT2D eigenvalue weighted by atomic mass is 16.3. The van der Waals surface area contributed by atoms with Crippen LogP contribution in [0.1, 0.15) is 11.1 Å². The van der Waals surface area contributed by atoms with Gasteiger partial charge in [0.15, 0.2) is 0 Å². The zero-order chi connectivity index (χ0) is 21.3. The third-order valence-corrected chi connectivity index (χ3v) is 4.99. The van der Waals surface area contributed by atoms with E-state index in [0.29, 0.717) is 16.8 Å². The number of fused-ring (bicyclic) bond motifs is 3. The van der Waals surface area contributed by atoms with Crippen LogP contribution >= 0.6 is 0 Å². The molecule has 2 amide bonds. The van der Waals surface area contributed by atoms with Gasteiger partial charge in [0.2, 0.25) is 17.4 Å². The van der Waals surface area contributed by atoms with Crippen LogP contribution in [0.3, 0.4) is 0 Å². The van der Waals surface area contributed by atoms with Crippen LogP contribution in [0.2, 0.25) is 0 Å². The number of rotatable bonds is 5. The fourth-order valence-corrected chi connectivity index (χ4v) is 3.20. The number of carbonyl (C=O) groups is 2. The third-order valence-electron chi connectivity index (χ3n) is 4.99. The van der Waals surface area contributed by atoms with E-state index in [-0.39, 0.29) is 24.6 Å². The van der Waals surface area contributed by atoms with Crippen LogP contribution in [0.4, 0.5) is 5.69 Å². The molecule has 4 aromatic rings. The number of hydrogen-bond acceptors (Lipinski definition) is 5. The van der Waals surface area contributed by atoms with E-state index in [1.807, 2.05) is 38.1 Å². The second-order valence-electron chi connectivity index (χ2n) is 7.03. The Labute approximate surface area is 171 Å². The molecule has 30 heavy (non-hydrogen) atoms. The van der Waals surface area contributed by atoms with E-state index in [4.69, 9.17) is 4.42 Å². The maximum atomic E-state index is 12.7. The summed E-state index contributed by atoms with van der Waals surface area (Å²) in [5, 5.41) is 6.03. The van der Waals surface area contributed by atoms with Gasteiger partial charge in [-0.2, -0.15) is 0 Å². The van der Waals surface area contributed by atoms with Crippen LogP contribution in [0.5, 0.6) is 0 Å². The molecule has 8 nitrogen and oxygen atoms in total. The van der Waals surface area contributed by atoms with E-state index in [1.54, 1.807) is 18.2 Å². The van der Waals surface area contributed by atoms with E-state index in [1.165, 1.54) is 6.33 Å². The average Bonchev–Trinajstić information content (AvgIpc) is 3.11. The van der Waals surface area contributed by atoms with Gasteiger partial charge in [0.1, 0.15) is 17.6 Å². The number of anilines is 1. The van der Waals surface area contributed by atoms with E-state index < -0.39 is 11.5 Å². The molecule has 2 aromatic carbocycles. The minimum Gasteiger partial charge on any atom is -0.448 e. The van der Waals surface area contributed by atoms with Crippen molar-refractivity contribution in [1.82, 2.24) is 14.9 Å². The molecular formula is C22H20N4O4. The van der Waals surface area contributed by atoms with Gasteiger partial charge in [-0.05, 0) is 43.2 Å². The molecule has 0 aliphatic carbocycles. The lowest BCUT2D eigenvalue weighted by Gasteiger charge is -2.11. The van der Waals surface area contributed by atoms with E-state index in [9.17, 15) is 14.4 Å². The van der Waals surface area contributed by atoms with E-state index in [2.05, 4.69) is 15.6 Å². The van der Waals surface area contributed by atoms with Crippen LogP contribution in [-0.4, -0.2) is 27.9 Å². The number of aryl methyl sites for hydroxylation is 1. The van der Waals surface area contributed by atoms with Gasteiger partial charge in [-0.1, -0.05) is 24.3 Å². The highest BCUT2D eigenvalue weighted by molar-refractivity contribution is 6.01. The molecule has 0 aliphatic rings. The van der Waals surface area contributed by atoms with Crippen molar-refractivity contribution in [2.75, 3.05) is 11.9 Å². The summed E-state index contributed by atoms with van der Waals surface area (Å²) in [5.41, 5.74) is 3.39. The molecule has 0 saturated heterocycles. The van der Waals surface area contributed by atoms with Gasteiger partial charge in [0.25, 0.3) is 5.56 Å². The molecule has 0 atom stereocenters. The Balaban J connectivity index is 1.42. The predicted molar refractivity (Wildman–Crippen MR) is 113 cm³/mol. The Morgan fingerprint density at radius 2 is 1.87 bits per heavy atom. The van der Waals surface area contributed by atoms with Crippen molar-refractivity contribution in [3.05, 3.63) is 70.3 Å². The van der Waals surface area contributed by atoms with Gasteiger partial charge in [0.05, 0.1) is 12.9 Å². The largest absolute Gasteiger partial charge is 0.448 e. The highest BCUT2D eigenvalue weighted by Crippen LogP contribution is 2.24. The number of nitrogens with one attached hydrogen (secondary N) is 2. The molecule has 2 N–H and O–H groups in total. The molecule has 0 saturated carbocycles. The minimum atomic E-state index is -0.481. The topological polar surface area (TPSA) is 106 Å². The first-order valence-corrected chi connectivity index (χ1v) is 9.43. The van der Waals surface area contributed by atoms with Crippen LogP contribution < -0.4 is 16.2 Å². The lowest BCUT2D eigenvalue weighted by atomic mass is 10.1. The van der Waals surface area contributed by atoms with Crippen molar-refractivity contribution in [2.45, 2.75) is 20.4 Å². The Hall–Kier alpha value is -3.94. The number of nitrogens with zero attached hydrogens (tertiary/aromatic N) is 2. The van der Waals surface area contributed by atoms with Crippen LogP contribution in [0.15, 0.2) is 58.0 Å². The summed E-state index contributed by atoms with van der Waals surface area (Å²) in [6.07, 6.45) is 1.31. The zero-order valence-corrected chi connectivity index (χ0v) is 16.6. The molecule has 2 aromatic heterocycles. The lowest BCUT2D eigenvalue weighted by molar-refractivity contribution is -0.124. The van der Waals surface area contributed by atoms with Crippen molar-refractivity contribution in [1.29, 1.82) is 0 Å². The second kappa shape index (κ2) is 7.82. The van der Waals surface area contributed by atoms with Gasteiger partial charge in [-0.3, -0.25) is 19.0 Å². The molecule has 0 bridgehead atoms. The number of carbonyl (C=O) groups excluding carboxylic acids is 2. The standard InChI is InChI=1S/C22H20N4O4/c1-13-6-5-8-16(14(13)2)25-18(27)10-23-19(28)11-26-12-24-20-15-7-3-4-9-17(15)30-21(20)22(26)29/h3-9,12H,10-11H2,1-2H3,(H,23,28)(H,25,27). The molecule has 0 spiro atoms. The smallest absolute Gasteiger partial charge is 0.297 e. The molecule has 2 heterocycles. The number of para-hydroxylation sites is 1. The quantitative estimate of drug-likeness (QED) is 0.532. The third kappa shape index (κ3) is 3.67. The Kier molecular flexibility index (Phi) is 5.05. The first-order valence-electron chi connectivity index (χ1n) is 9.43.